The normalized spacial score (nSPS) is 10.4. The van der Waals surface area contributed by atoms with Crippen LogP contribution in [0.1, 0.15) is 23.0 Å². The molecule has 0 aliphatic carbocycles. The van der Waals surface area contributed by atoms with E-state index in [0.717, 1.165) is 0 Å². The van der Waals surface area contributed by atoms with Crippen LogP contribution in [0.25, 0.3) is 5.69 Å². The van der Waals surface area contributed by atoms with Gasteiger partial charge in [0.2, 0.25) is 0 Å². The van der Waals surface area contributed by atoms with E-state index in [0.29, 0.717) is 11.3 Å². The van der Waals surface area contributed by atoms with E-state index in [1.165, 1.54) is 17.8 Å². The van der Waals surface area contributed by atoms with Gasteiger partial charge in [0.15, 0.2) is 11.6 Å². The Kier molecular flexibility index (Phi) is 2.52. The Labute approximate surface area is 91.7 Å². The summed E-state index contributed by atoms with van der Waals surface area (Å²) in [6.07, 6.45) is 1.42. The first-order valence-electron chi connectivity index (χ1n) is 4.78. The van der Waals surface area contributed by atoms with Crippen molar-refractivity contribution in [2.24, 2.45) is 0 Å². The lowest BCUT2D eigenvalue weighted by atomic mass is 10.2. The molecule has 0 bridgehead atoms. The Morgan fingerprint density at radius 2 is 2.19 bits per heavy atom. The lowest BCUT2D eigenvalue weighted by molar-refractivity contribution is 0.101. The summed E-state index contributed by atoms with van der Waals surface area (Å²) < 4.78 is 15.0. The molecule has 0 N–H and O–H groups in total. The summed E-state index contributed by atoms with van der Waals surface area (Å²) in [5, 5.41) is 7.38. The van der Waals surface area contributed by atoms with E-state index in [1.54, 1.807) is 25.1 Å². The zero-order valence-corrected chi connectivity index (χ0v) is 8.94. The molecule has 16 heavy (non-hydrogen) atoms. The largest absolute Gasteiger partial charge is 0.293 e. The second-order valence-corrected chi connectivity index (χ2v) is 3.51. The maximum Gasteiger partial charge on any atom is 0.181 e. The van der Waals surface area contributed by atoms with E-state index in [2.05, 4.69) is 10.3 Å². The topological polar surface area (TPSA) is 47.8 Å². The first-order chi connectivity index (χ1) is 7.59. The molecule has 0 spiro atoms. The number of carbonyl (C=O) groups excluding carboxylic acids is 1. The third-order valence-electron chi connectivity index (χ3n) is 2.27. The minimum atomic E-state index is -0.359. The fraction of sp³-hybridized carbons (Fsp3) is 0.182. The van der Waals surface area contributed by atoms with E-state index in [1.807, 2.05) is 0 Å². The molecule has 2 rings (SSSR count). The van der Waals surface area contributed by atoms with Gasteiger partial charge in [-0.3, -0.25) is 4.79 Å². The summed E-state index contributed by atoms with van der Waals surface area (Å²) in [6, 6.07) is 4.98. The fourth-order valence-corrected chi connectivity index (χ4v) is 1.35. The van der Waals surface area contributed by atoms with Gasteiger partial charge in [0.05, 0.1) is 6.20 Å². The van der Waals surface area contributed by atoms with Gasteiger partial charge < -0.3 is 0 Å². The van der Waals surface area contributed by atoms with Gasteiger partial charge in [0, 0.05) is 6.92 Å². The first kappa shape index (κ1) is 10.5. The lowest BCUT2D eigenvalue weighted by Crippen LogP contribution is -2.00. The van der Waals surface area contributed by atoms with Crippen LogP contribution in [-0.4, -0.2) is 20.8 Å². The van der Waals surface area contributed by atoms with Gasteiger partial charge in [-0.05, 0) is 18.6 Å². The van der Waals surface area contributed by atoms with Gasteiger partial charge >= 0.3 is 0 Å². The van der Waals surface area contributed by atoms with Crippen LogP contribution in [0.15, 0.2) is 24.4 Å². The maximum absolute atomic E-state index is 13.7. The van der Waals surface area contributed by atoms with Gasteiger partial charge in [0.1, 0.15) is 11.4 Å². The average molecular weight is 219 g/mol. The molecule has 0 saturated carbocycles. The molecular weight excluding hydrogens is 209 g/mol. The molecule has 1 aromatic heterocycles. The fourth-order valence-electron chi connectivity index (χ4n) is 1.35. The SMILES string of the molecule is CC(=O)c1cn(-c2cccc(C)c2F)nn1. The van der Waals surface area contributed by atoms with Crippen LogP contribution in [0.5, 0.6) is 0 Å². The predicted molar refractivity (Wildman–Crippen MR) is 56.1 cm³/mol. The van der Waals surface area contributed by atoms with Gasteiger partial charge in [-0.25, -0.2) is 9.07 Å². The van der Waals surface area contributed by atoms with E-state index in [9.17, 15) is 9.18 Å². The minimum absolute atomic E-state index is 0.195. The van der Waals surface area contributed by atoms with E-state index >= 15 is 0 Å². The number of nitrogens with zero attached hydrogens (tertiary/aromatic N) is 3. The van der Waals surface area contributed by atoms with Crippen molar-refractivity contribution in [3.8, 4) is 5.69 Å². The van der Waals surface area contributed by atoms with Crippen molar-refractivity contribution < 1.29 is 9.18 Å². The number of hydrogen-bond donors (Lipinski definition) is 0. The Morgan fingerprint density at radius 3 is 2.81 bits per heavy atom. The van der Waals surface area contributed by atoms with Crippen molar-refractivity contribution in [1.82, 2.24) is 15.0 Å². The molecule has 0 unspecified atom stereocenters. The third kappa shape index (κ3) is 1.71. The monoisotopic (exact) mass is 219 g/mol. The number of Topliss-reactive ketones (excluding diaryl/α,β-unsaturated/α-hetero) is 1. The Hall–Kier alpha value is -2.04. The summed E-state index contributed by atoms with van der Waals surface area (Å²) in [5.41, 5.74) is 1.04. The van der Waals surface area contributed by atoms with Crippen molar-refractivity contribution in [1.29, 1.82) is 0 Å². The van der Waals surface area contributed by atoms with Crippen molar-refractivity contribution in [2.45, 2.75) is 13.8 Å². The molecule has 5 heteroatoms. The lowest BCUT2D eigenvalue weighted by Gasteiger charge is -2.03. The highest BCUT2D eigenvalue weighted by Crippen LogP contribution is 2.15. The second kappa shape index (κ2) is 3.84. The van der Waals surface area contributed by atoms with Crippen LogP contribution in [0.3, 0.4) is 0 Å². The summed E-state index contributed by atoms with van der Waals surface area (Å²) in [5.74, 6) is -0.554. The van der Waals surface area contributed by atoms with Crippen molar-refractivity contribution in [2.75, 3.05) is 0 Å². The van der Waals surface area contributed by atoms with Crippen LogP contribution < -0.4 is 0 Å². The number of aromatic nitrogens is 3. The number of rotatable bonds is 2. The van der Waals surface area contributed by atoms with Crippen molar-refractivity contribution in [3.05, 3.63) is 41.5 Å². The Morgan fingerprint density at radius 1 is 1.44 bits per heavy atom. The van der Waals surface area contributed by atoms with Crippen LogP contribution in [0.2, 0.25) is 0 Å². The summed E-state index contributed by atoms with van der Waals surface area (Å²) in [6.45, 7) is 3.06. The standard InChI is InChI=1S/C11H10FN3O/c1-7-4-3-5-10(11(7)12)15-6-9(8(2)16)13-14-15/h3-6H,1-2H3. The highest BCUT2D eigenvalue weighted by atomic mass is 19.1. The molecule has 0 aliphatic heterocycles. The third-order valence-corrected chi connectivity index (χ3v) is 2.27. The Balaban J connectivity index is 2.50. The number of halogens is 1. The molecule has 1 heterocycles. The smallest absolute Gasteiger partial charge is 0.181 e. The molecule has 0 aliphatic rings. The predicted octanol–water partition coefficient (Wildman–Crippen LogP) is 1.92. The summed E-state index contributed by atoms with van der Waals surface area (Å²) >= 11 is 0. The van der Waals surface area contributed by atoms with Gasteiger partial charge in [-0.2, -0.15) is 0 Å². The van der Waals surface area contributed by atoms with E-state index < -0.39 is 0 Å². The van der Waals surface area contributed by atoms with Crippen molar-refractivity contribution >= 4 is 5.78 Å². The van der Waals surface area contributed by atoms with E-state index in [-0.39, 0.29) is 17.3 Å². The maximum atomic E-state index is 13.7. The highest BCUT2D eigenvalue weighted by molar-refractivity contribution is 5.91. The van der Waals surface area contributed by atoms with Gasteiger partial charge in [0.25, 0.3) is 0 Å². The molecule has 82 valence electrons. The molecule has 1 aromatic carbocycles. The second-order valence-electron chi connectivity index (χ2n) is 3.51. The molecule has 2 aromatic rings. The van der Waals surface area contributed by atoms with Crippen LogP contribution >= 0.6 is 0 Å². The number of aryl methyl sites for hydroxylation is 1. The molecular formula is C11H10FN3O. The zero-order chi connectivity index (χ0) is 11.7. The number of hydrogen-bond acceptors (Lipinski definition) is 3. The molecule has 0 saturated heterocycles. The van der Waals surface area contributed by atoms with Gasteiger partial charge in [-0.1, -0.05) is 17.3 Å². The molecule has 4 nitrogen and oxygen atoms in total. The average Bonchev–Trinajstić information content (AvgIpc) is 2.71. The Bertz CT molecular complexity index is 548. The molecule has 0 amide bonds. The zero-order valence-electron chi connectivity index (χ0n) is 8.94. The highest BCUT2D eigenvalue weighted by Gasteiger charge is 2.10. The summed E-state index contributed by atoms with van der Waals surface area (Å²) in [7, 11) is 0. The minimum Gasteiger partial charge on any atom is -0.293 e. The first-order valence-corrected chi connectivity index (χ1v) is 4.78. The number of carbonyl (C=O) groups is 1. The van der Waals surface area contributed by atoms with E-state index in [4.69, 9.17) is 0 Å². The quantitative estimate of drug-likeness (QED) is 0.725. The molecule has 0 atom stereocenters. The summed E-state index contributed by atoms with van der Waals surface area (Å²) in [4.78, 5) is 11.0. The number of ketones is 1. The van der Waals surface area contributed by atoms with Gasteiger partial charge in [-0.15, -0.1) is 5.10 Å². The van der Waals surface area contributed by atoms with Crippen LogP contribution in [0.4, 0.5) is 4.39 Å². The number of benzene rings is 1. The van der Waals surface area contributed by atoms with Crippen molar-refractivity contribution in [3.63, 3.8) is 0 Å². The molecule has 0 fully saturated rings. The van der Waals surface area contributed by atoms with Crippen LogP contribution in [0, 0.1) is 12.7 Å². The van der Waals surface area contributed by atoms with Crippen LogP contribution in [-0.2, 0) is 0 Å². The molecule has 0 radical (unpaired) electrons.